The Bertz CT molecular complexity index is 794. The highest BCUT2D eigenvalue weighted by Gasteiger charge is 2.10. The molecule has 4 rings (SSSR count). The molecule has 2 aromatic carbocycles. The van der Waals surface area contributed by atoms with Crippen molar-refractivity contribution in [3.05, 3.63) is 97.3 Å². The molecule has 2 heterocycles. The van der Waals surface area contributed by atoms with Gasteiger partial charge < -0.3 is 9.13 Å². The predicted molar refractivity (Wildman–Crippen MR) is 90.5 cm³/mol. The van der Waals surface area contributed by atoms with Gasteiger partial charge in [-0.3, -0.25) is 0 Å². The molecule has 0 spiro atoms. The normalized spacial score (nSPS) is 10.7. The molecule has 0 atom stereocenters. The smallest absolute Gasteiger partial charge is 0.0697 e. The first-order chi connectivity index (χ1) is 10.9. The standard InChI is InChI=1S/C20H16N2/c1-3-9-17(10-4-1)21-15-7-13-19(21)20-14-8-16-22(20)18-11-5-2-6-12-18/h1-16H. The van der Waals surface area contributed by atoms with Crippen LogP contribution in [0.4, 0.5) is 0 Å². The maximum atomic E-state index is 2.22. The number of nitrogens with zero attached hydrogens (tertiary/aromatic N) is 2. The van der Waals surface area contributed by atoms with Gasteiger partial charge in [0.15, 0.2) is 0 Å². The first kappa shape index (κ1) is 12.7. The van der Waals surface area contributed by atoms with Crippen LogP contribution < -0.4 is 0 Å². The maximum Gasteiger partial charge on any atom is 0.0697 e. The molecule has 0 aliphatic carbocycles. The van der Waals surface area contributed by atoms with Crippen LogP contribution in [0.1, 0.15) is 0 Å². The number of rotatable bonds is 3. The van der Waals surface area contributed by atoms with Crippen molar-refractivity contribution in [3.8, 4) is 22.8 Å². The molecular weight excluding hydrogens is 268 g/mol. The lowest BCUT2D eigenvalue weighted by atomic mass is 10.2. The second kappa shape index (κ2) is 5.41. The van der Waals surface area contributed by atoms with Crippen molar-refractivity contribution >= 4 is 0 Å². The minimum absolute atomic E-state index is 1.17. The van der Waals surface area contributed by atoms with Gasteiger partial charge in [0, 0.05) is 23.8 Å². The Morgan fingerprint density at radius 3 is 1.23 bits per heavy atom. The van der Waals surface area contributed by atoms with Crippen LogP contribution >= 0.6 is 0 Å². The topological polar surface area (TPSA) is 9.86 Å². The molecule has 0 N–H and O–H groups in total. The molecule has 106 valence electrons. The Kier molecular flexibility index (Phi) is 3.13. The fourth-order valence-electron chi connectivity index (χ4n) is 2.81. The van der Waals surface area contributed by atoms with Crippen molar-refractivity contribution < 1.29 is 0 Å². The molecule has 2 heteroatoms. The summed E-state index contributed by atoms with van der Waals surface area (Å²) in [6.45, 7) is 0. The minimum atomic E-state index is 1.17. The molecule has 4 aromatic rings. The molecule has 0 aliphatic rings. The lowest BCUT2D eigenvalue weighted by Gasteiger charge is -2.13. The Labute approximate surface area is 129 Å². The Hall–Kier alpha value is -3.00. The molecule has 0 bridgehead atoms. The first-order valence-corrected chi connectivity index (χ1v) is 7.39. The average Bonchev–Trinajstić information content (AvgIpc) is 3.25. The SMILES string of the molecule is c1ccc(-n2cccc2-c2cccn2-c2ccccc2)cc1. The van der Waals surface area contributed by atoms with Crippen molar-refractivity contribution in [2.45, 2.75) is 0 Å². The van der Waals surface area contributed by atoms with E-state index in [0.717, 1.165) is 0 Å². The molecular formula is C20H16N2. The van der Waals surface area contributed by atoms with E-state index in [1.807, 2.05) is 12.1 Å². The average molecular weight is 284 g/mol. The van der Waals surface area contributed by atoms with Crippen LogP contribution in [-0.2, 0) is 0 Å². The van der Waals surface area contributed by atoms with E-state index in [1.54, 1.807) is 0 Å². The van der Waals surface area contributed by atoms with Gasteiger partial charge in [-0.05, 0) is 48.5 Å². The van der Waals surface area contributed by atoms with Crippen LogP contribution in [0.25, 0.3) is 22.8 Å². The fourth-order valence-corrected chi connectivity index (χ4v) is 2.81. The van der Waals surface area contributed by atoms with Gasteiger partial charge in [0.25, 0.3) is 0 Å². The van der Waals surface area contributed by atoms with Gasteiger partial charge in [0.05, 0.1) is 11.4 Å². The zero-order chi connectivity index (χ0) is 14.8. The van der Waals surface area contributed by atoms with Crippen molar-refractivity contribution in [3.63, 3.8) is 0 Å². The van der Waals surface area contributed by atoms with Gasteiger partial charge in [-0.2, -0.15) is 0 Å². The first-order valence-electron chi connectivity index (χ1n) is 7.39. The van der Waals surface area contributed by atoms with E-state index in [0.29, 0.717) is 0 Å². The quantitative estimate of drug-likeness (QED) is 0.504. The molecule has 2 aromatic heterocycles. The molecule has 22 heavy (non-hydrogen) atoms. The zero-order valence-corrected chi connectivity index (χ0v) is 12.1. The molecule has 0 aliphatic heterocycles. The third-order valence-electron chi connectivity index (χ3n) is 3.83. The van der Waals surface area contributed by atoms with Gasteiger partial charge in [-0.15, -0.1) is 0 Å². The predicted octanol–water partition coefficient (Wildman–Crippen LogP) is 4.94. The monoisotopic (exact) mass is 284 g/mol. The number of para-hydroxylation sites is 2. The van der Waals surface area contributed by atoms with E-state index >= 15 is 0 Å². The highest BCUT2D eigenvalue weighted by Crippen LogP contribution is 2.26. The summed E-state index contributed by atoms with van der Waals surface area (Å²) in [4.78, 5) is 0. The summed E-state index contributed by atoms with van der Waals surface area (Å²) >= 11 is 0. The third-order valence-corrected chi connectivity index (χ3v) is 3.83. The second-order valence-corrected chi connectivity index (χ2v) is 5.20. The van der Waals surface area contributed by atoms with E-state index in [9.17, 15) is 0 Å². The molecule has 0 radical (unpaired) electrons. The lowest BCUT2D eigenvalue weighted by molar-refractivity contribution is 1.03. The van der Waals surface area contributed by atoms with Crippen LogP contribution in [0, 0.1) is 0 Å². The summed E-state index contributed by atoms with van der Waals surface area (Å²) in [6, 6.07) is 29.3. The van der Waals surface area contributed by atoms with E-state index in [1.165, 1.54) is 22.8 Å². The van der Waals surface area contributed by atoms with Gasteiger partial charge >= 0.3 is 0 Å². The second-order valence-electron chi connectivity index (χ2n) is 5.20. The van der Waals surface area contributed by atoms with Crippen LogP contribution in [0.2, 0.25) is 0 Å². The summed E-state index contributed by atoms with van der Waals surface area (Å²) in [6.07, 6.45) is 4.21. The summed E-state index contributed by atoms with van der Waals surface area (Å²) in [7, 11) is 0. The molecule has 2 nitrogen and oxygen atoms in total. The molecule has 0 saturated heterocycles. The molecule has 0 saturated carbocycles. The van der Waals surface area contributed by atoms with Crippen molar-refractivity contribution in [2.24, 2.45) is 0 Å². The van der Waals surface area contributed by atoms with E-state index in [2.05, 4.69) is 94.3 Å². The van der Waals surface area contributed by atoms with Crippen LogP contribution in [0.3, 0.4) is 0 Å². The van der Waals surface area contributed by atoms with Crippen LogP contribution in [0.5, 0.6) is 0 Å². The van der Waals surface area contributed by atoms with Crippen molar-refractivity contribution in [1.82, 2.24) is 9.13 Å². The Balaban J connectivity index is 1.86. The van der Waals surface area contributed by atoms with Crippen molar-refractivity contribution in [2.75, 3.05) is 0 Å². The number of hydrogen-bond acceptors (Lipinski definition) is 0. The van der Waals surface area contributed by atoms with E-state index in [4.69, 9.17) is 0 Å². The molecule has 0 fully saturated rings. The van der Waals surface area contributed by atoms with Gasteiger partial charge in [0.2, 0.25) is 0 Å². The van der Waals surface area contributed by atoms with E-state index in [-0.39, 0.29) is 0 Å². The Morgan fingerprint density at radius 2 is 0.818 bits per heavy atom. The number of aromatic nitrogens is 2. The van der Waals surface area contributed by atoms with Crippen LogP contribution in [-0.4, -0.2) is 9.13 Å². The molecule has 0 unspecified atom stereocenters. The lowest BCUT2D eigenvalue weighted by Crippen LogP contribution is -2.00. The largest absolute Gasteiger partial charge is 0.315 e. The molecule has 0 amide bonds. The summed E-state index contributed by atoms with van der Waals surface area (Å²) < 4.78 is 4.43. The highest BCUT2D eigenvalue weighted by atomic mass is 15.0. The van der Waals surface area contributed by atoms with E-state index < -0.39 is 0 Å². The summed E-state index contributed by atoms with van der Waals surface area (Å²) in [5, 5.41) is 0. The summed E-state index contributed by atoms with van der Waals surface area (Å²) in [5.74, 6) is 0. The highest BCUT2D eigenvalue weighted by molar-refractivity contribution is 5.63. The van der Waals surface area contributed by atoms with Crippen LogP contribution in [0.15, 0.2) is 97.3 Å². The Morgan fingerprint density at radius 1 is 0.409 bits per heavy atom. The third kappa shape index (κ3) is 2.15. The maximum absolute atomic E-state index is 2.22. The van der Waals surface area contributed by atoms with Gasteiger partial charge in [0.1, 0.15) is 0 Å². The fraction of sp³-hybridized carbons (Fsp3) is 0. The number of benzene rings is 2. The number of hydrogen-bond donors (Lipinski definition) is 0. The van der Waals surface area contributed by atoms with Gasteiger partial charge in [-0.25, -0.2) is 0 Å². The van der Waals surface area contributed by atoms with Gasteiger partial charge in [-0.1, -0.05) is 36.4 Å². The van der Waals surface area contributed by atoms with Crippen molar-refractivity contribution in [1.29, 1.82) is 0 Å². The minimum Gasteiger partial charge on any atom is -0.315 e. The summed E-state index contributed by atoms with van der Waals surface area (Å²) in [5.41, 5.74) is 4.70. The zero-order valence-electron chi connectivity index (χ0n) is 12.1.